The predicted molar refractivity (Wildman–Crippen MR) is 73.0 cm³/mol. The third-order valence-corrected chi connectivity index (χ3v) is 3.16. The van der Waals surface area contributed by atoms with Gasteiger partial charge in [0.25, 0.3) is 5.91 Å². The first-order valence-corrected chi connectivity index (χ1v) is 6.56. The van der Waals surface area contributed by atoms with Crippen LogP contribution in [-0.4, -0.2) is 18.3 Å². The zero-order chi connectivity index (χ0) is 13.0. The molecule has 1 unspecified atom stereocenters. The number of carbonyl (C=O) groups is 1. The number of rotatable bonds is 5. The van der Waals surface area contributed by atoms with Gasteiger partial charge in [0.05, 0.1) is 5.56 Å². The zero-order valence-corrected chi connectivity index (χ0v) is 11.0. The quantitative estimate of drug-likeness (QED) is 0.842. The van der Waals surface area contributed by atoms with Gasteiger partial charge in [0.1, 0.15) is 11.8 Å². The fraction of sp³-hybridized carbons (Fsp3) is 0.357. The van der Waals surface area contributed by atoms with Crippen LogP contribution in [0.15, 0.2) is 34.9 Å². The van der Waals surface area contributed by atoms with Crippen molar-refractivity contribution in [1.29, 1.82) is 0 Å². The summed E-state index contributed by atoms with van der Waals surface area (Å²) in [7, 11) is 0. The van der Waals surface area contributed by atoms with E-state index < -0.39 is 0 Å². The highest BCUT2D eigenvalue weighted by atomic mass is 35.5. The van der Waals surface area contributed by atoms with Gasteiger partial charge < -0.3 is 9.73 Å². The lowest BCUT2D eigenvalue weighted by molar-refractivity contribution is 0.0948. The fourth-order valence-electron chi connectivity index (χ4n) is 1.80. The Morgan fingerprint density at radius 3 is 3.00 bits per heavy atom. The summed E-state index contributed by atoms with van der Waals surface area (Å²) in [6.45, 7) is 2.70. The molecule has 0 spiro atoms. The van der Waals surface area contributed by atoms with E-state index in [0.717, 1.165) is 17.4 Å². The number of alkyl halides is 1. The summed E-state index contributed by atoms with van der Waals surface area (Å²) in [6, 6.07) is 7.51. The monoisotopic (exact) mass is 265 g/mol. The summed E-state index contributed by atoms with van der Waals surface area (Å²) in [6.07, 6.45) is 2.40. The Labute approximate surface area is 111 Å². The molecule has 96 valence electrons. The first-order chi connectivity index (χ1) is 8.72. The van der Waals surface area contributed by atoms with Crippen LogP contribution < -0.4 is 5.32 Å². The van der Waals surface area contributed by atoms with E-state index in [4.69, 9.17) is 16.0 Å². The van der Waals surface area contributed by atoms with E-state index >= 15 is 0 Å². The molecule has 2 rings (SSSR count). The van der Waals surface area contributed by atoms with Gasteiger partial charge in [0.15, 0.2) is 0 Å². The minimum Gasteiger partial charge on any atom is -0.463 e. The number of para-hydroxylation sites is 1. The summed E-state index contributed by atoms with van der Waals surface area (Å²) in [5.74, 6) is 0.900. The van der Waals surface area contributed by atoms with Crippen LogP contribution in [0.2, 0.25) is 0 Å². The van der Waals surface area contributed by atoms with Crippen LogP contribution in [0.3, 0.4) is 0 Å². The van der Waals surface area contributed by atoms with Crippen molar-refractivity contribution < 1.29 is 9.21 Å². The van der Waals surface area contributed by atoms with Crippen molar-refractivity contribution in [3.8, 4) is 0 Å². The molecular weight excluding hydrogens is 250 g/mol. The number of furan rings is 1. The topological polar surface area (TPSA) is 42.2 Å². The van der Waals surface area contributed by atoms with Gasteiger partial charge in [-0.3, -0.25) is 4.79 Å². The van der Waals surface area contributed by atoms with Gasteiger partial charge in [-0.15, -0.1) is 11.6 Å². The number of hydrogen-bond acceptors (Lipinski definition) is 2. The summed E-state index contributed by atoms with van der Waals surface area (Å²) in [5, 5.41) is 3.75. The normalized spacial score (nSPS) is 12.6. The lowest BCUT2D eigenvalue weighted by Gasteiger charge is -2.10. The summed E-state index contributed by atoms with van der Waals surface area (Å²) < 4.78 is 5.34. The van der Waals surface area contributed by atoms with E-state index in [1.807, 2.05) is 24.3 Å². The average Bonchev–Trinajstić information content (AvgIpc) is 2.80. The van der Waals surface area contributed by atoms with Gasteiger partial charge in [-0.2, -0.15) is 0 Å². The second-order valence-electron chi connectivity index (χ2n) is 4.44. The molecule has 0 saturated carbocycles. The number of carbonyl (C=O) groups excluding carboxylic acids is 1. The van der Waals surface area contributed by atoms with E-state index in [2.05, 4.69) is 12.2 Å². The van der Waals surface area contributed by atoms with Crippen molar-refractivity contribution in [3.63, 3.8) is 0 Å². The second kappa shape index (κ2) is 5.91. The van der Waals surface area contributed by atoms with Crippen molar-refractivity contribution in [2.24, 2.45) is 5.92 Å². The molecule has 0 aliphatic carbocycles. The fourth-order valence-corrected chi connectivity index (χ4v) is 2.18. The Kier molecular flexibility index (Phi) is 4.26. The smallest absolute Gasteiger partial charge is 0.255 e. The van der Waals surface area contributed by atoms with Crippen molar-refractivity contribution in [3.05, 3.63) is 36.1 Å². The molecule has 0 bridgehead atoms. The lowest BCUT2D eigenvalue weighted by Crippen LogP contribution is -2.28. The largest absolute Gasteiger partial charge is 0.463 e. The molecule has 4 heteroatoms. The molecule has 1 aromatic heterocycles. The number of benzene rings is 1. The van der Waals surface area contributed by atoms with Gasteiger partial charge in [-0.1, -0.05) is 25.1 Å². The van der Waals surface area contributed by atoms with Crippen molar-refractivity contribution >= 4 is 28.5 Å². The van der Waals surface area contributed by atoms with Crippen LogP contribution in [0.5, 0.6) is 0 Å². The number of halogens is 1. The van der Waals surface area contributed by atoms with Gasteiger partial charge in [0.2, 0.25) is 0 Å². The maximum atomic E-state index is 12.0. The minimum atomic E-state index is -0.0960. The molecule has 18 heavy (non-hydrogen) atoms. The third kappa shape index (κ3) is 2.85. The molecule has 1 N–H and O–H groups in total. The first-order valence-electron chi connectivity index (χ1n) is 6.02. The Morgan fingerprint density at radius 1 is 1.44 bits per heavy atom. The number of nitrogens with one attached hydrogen (secondary N) is 1. The van der Waals surface area contributed by atoms with Crippen LogP contribution in [-0.2, 0) is 0 Å². The standard InChI is InChI=1S/C14H16ClNO2/c1-10(6-7-15)8-16-14(17)12-9-18-13-5-3-2-4-11(12)13/h2-5,9-10H,6-8H2,1H3,(H,16,17). The van der Waals surface area contributed by atoms with E-state index in [1.54, 1.807) is 0 Å². The Hall–Kier alpha value is -1.48. The number of hydrogen-bond donors (Lipinski definition) is 1. The van der Waals surface area contributed by atoms with Crippen LogP contribution >= 0.6 is 11.6 Å². The van der Waals surface area contributed by atoms with Gasteiger partial charge in [0, 0.05) is 17.8 Å². The highest BCUT2D eigenvalue weighted by Gasteiger charge is 2.13. The van der Waals surface area contributed by atoms with Crippen molar-refractivity contribution in [2.45, 2.75) is 13.3 Å². The summed E-state index contributed by atoms with van der Waals surface area (Å²) in [5.41, 5.74) is 1.32. The highest BCUT2D eigenvalue weighted by molar-refractivity contribution is 6.17. The van der Waals surface area contributed by atoms with Crippen molar-refractivity contribution in [2.75, 3.05) is 12.4 Å². The first kappa shape index (κ1) is 13.0. The molecule has 0 saturated heterocycles. The second-order valence-corrected chi connectivity index (χ2v) is 4.82. The molecule has 2 aromatic rings. The number of amides is 1. The average molecular weight is 266 g/mol. The highest BCUT2D eigenvalue weighted by Crippen LogP contribution is 2.20. The lowest BCUT2D eigenvalue weighted by atomic mass is 10.1. The van der Waals surface area contributed by atoms with Crippen LogP contribution in [0.4, 0.5) is 0 Å². The maximum Gasteiger partial charge on any atom is 0.255 e. The molecular formula is C14H16ClNO2. The molecule has 0 aliphatic rings. The van der Waals surface area contributed by atoms with Crippen LogP contribution in [0, 0.1) is 5.92 Å². The van der Waals surface area contributed by atoms with E-state index in [1.165, 1.54) is 6.26 Å². The Balaban J connectivity index is 2.05. The minimum absolute atomic E-state index is 0.0960. The molecule has 1 atom stereocenters. The van der Waals surface area contributed by atoms with Gasteiger partial charge in [-0.05, 0) is 18.4 Å². The Bertz CT molecular complexity index is 535. The van der Waals surface area contributed by atoms with Gasteiger partial charge >= 0.3 is 0 Å². The SMILES string of the molecule is CC(CCCl)CNC(=O)c1coc2ccccc12. The summed E-state index contributed by atoms with van der Waals surface area (Å²) in [4.78, 5) is 12.0. The molecule has 1 heterocycles. The predicted octanol–water partition coefficient (Wildman–Crippen LogP) is 3.43. The molecule has 0 fully saturated rings. The molecule has 3 nitrogen and oxygen atoms in total. The van der Waals surface area contributed by atoms with E-state index in [9.17, 15) is 4.79 Å². The maximum absolute atomic E-state index is 12.0. The molecule has 1 aromatic carbocycles. The van der Waals surface area contributed by atoms with Crippen LogP contribution in [0.1, 0.15) is 23.7 Å². The zero-order valence-electron chi connectivity index (χ0n) is 10.3. The van der Waals surface area contributed by atoms with Crippen molar-refractivity contribution in [1.82, 2.24) is 5.32 Å². The molecule has 0 radical (unpaired) electrons. The van der Waals surface area contributed by atoms with E-state index in [0.29, 0.717) is 23.9 Å². The summed E-state index contributed by atoms with van der Waals surface area (Å²) >= 11 is 5.66. The third-order valence-electron chi connectivity index (χ3n) is 2.94. The van der Waals surface area contributed by atoms with Crippen LogP contribution in [0.25, 0.3) is 11.0 Å². The van der Waals surface area contributed by atoms with E-state index in [-0.39, 0.29) is 5.91 Å². The molecule has 1 amide bonds. The molecule has 0 aliphatic heterocycles. The van der Waals surface area contributed by atoms with Gasteiger partial charge in [-0.25, -0.2) is 0 Å². The Morgan fingerprint density at radius 2 is 2.22 bits per heavy atom. The number of fused-ring (bicyclic) bond motifs is 1.